The van der Waals surface area contributed by atoms with Crippen molar-refractivity contribution in [1.82, 2.24) is 0 Å². The van der Waals surface area contributed by atoms with E-state index < -0.39 is 8.56 Å². The summed E-state index contributed by atoms with van der Waals surface area (Å²) < 4.78 is 21.4. The Kier molecular flexibility index (Phi) is 6.53. The zero-order valence-corrected chi connectivity index (χ0v) is 11.7. The Morgan fingerprint density at radius 2 is 1.88 bits per heavy atom. The van der Waals surface area contributed by atoms with Crippen molar-refractivity contribution in [2.24, 2.45) is 0 Å². The van der Waals surface area contributed by atoms with Crippen molar-refractivity contribution in [2.75, 3.05) is 34.0 Å². The standard InChI is InChI=1S/C11H24O4Si/c1-12-16(3,13-2)8-6-4-5-7-14-9-11-10-15-11/h11H,4-10H2,1-3H3. The van der Waals surface area contributed by atoms with Gasteiger partial charge in [-0.25, -0.2) is 0 Å². The molecule has 1 unspecified atom stereocenters. The summed E-state index contributed by atoms with van der Waals surface area (Å²) in [6, 6.07) is 1.06. The third-order valence-corrected chi connectivity index (χ3v) is 5.98. The lowest BCUT2D eigenvalue weighted by Crippen LogP contribution is -2.35. The van der Waals surface area contributed by atoms with Crippen molar-refractivity contribution < 1.29 is 18.3 Å². The maximum absolute atomic E-state index is 5.47. The molecule has 0 aromatic heterocycles. The smallest absolute Gasteiger partial charge is 0.334 e. The molecule has 0 radical (unpaired) electrons. The van der Waals surface area contributed by atoms with E-state index in [9.17, 15) is 0 Å². The average molecular weight is 248 g/mol. The van der Waals surface area contributed by atoms with Crippen LogP contribution in [0.3, 0.4) is 0 Å². The minimum absolute atomic E-state index is 0.387. The Hall–Kier alpha value is 0.0569. The van der Waals surface area contributed by atoms with Gasteiger partial charge >= 0.3 is 8.56 Å². The molecule has 1 aliphatic heterocycles. The van der Waals surface area contributed by atoms with Crippen LogP contribution in [0.1, 0.15) is 19.3 Å². The number of hydrogen-bond acceptors (Lipinski definition) is 4. The monoisotopic (exact) mass is 248 g/mol. The zero-order chi connectivity index (χ0) is 11.9. The molecule has 1 heterocycles. The number of ether oxygens (including phenoxy) is 2. The highest BCUT2D eigenvalue weighted by Crippen LogP contribution is 2.16. The zero-order valence-electron chi connectivity index (χ0n) is 10.7. The van der Waals surface area contributed by atoms with Gasteiger partial charge in [-0.3, -0.25) is 0 Å². The normalized spacial score (nSPS) is 20.1. The molecule has 0 aromatic carbocycles. The molecule has 1 fully saturated rings. The van der Waals surface area contributed by atoms with Crippen LogP contribution < -0.4 is 0 Å². The van der Waals surface area contributed by atoms with Gasteiger partial charge in [0.05, 0.1) is 13.2 Å². The fourth-order valence-corrected chi connectivity index (χ4v) is 2.96. The van der Waals surface area contributed by atoms with Crippen LogP contribution in [0.2, 0.25) is 12.6 Å². The third kappa shape index (κ3) is 5.96. The summed E-state index contributed by atoms with van der Waals surface area (Å²) in [4.78, 5) is 0. The molecule has 1 atom stereocenters. The van der Waals surface area contributed by atoms with E-state index in [-0.39, 0.29) is 0 Å². The largest absolute Gasteiger partial charge is 0.398 e. The first-order chi connectivity index (χ1) is 7.70. The fraction of sp³-hybridized carbons (Fsp3) is 1.00. The van der Waals surface area contributed by atoms with Gasteiger partial charge in [0.1, 0.15) is 6.10 Å². The highest BCUT2D eigenvalue weighted by molar-refractivity contribution is 6.65. The lowest BCUT2D eigenvalue weighted by molar-refractivity contribution is 0.113. The molecule has 5 heteroatoms. The van der Waals surface area contributed by atoms with E-state index in [1.165, 1.54) is 6.42 Å². The molecule has 0 amide bonds. The molecule has 16 heavy (non-hydrogen) atoms. The molecule has 0 aromatic rings. The minimum atomic E-state index is -1.83. The van der Waals surface area contributed by atoms with Crippen LogP contribution >= 0.6 is 0 Å². The number of rotatable bonds is 10. The average Bonchev–Trinajstić information content (AvgIpc) is 3.11. The van der Waals surface area contributed by atoms with Crippen LogP contribution in [0.25, 0.3) is 0 Å². The quantitative estimate of drug-likeness (QED) is 0.336. The Bertz CT molecular complexity index is 181. The molecule has 0 aliphatic carbocycles. The predicted molar refractivity (Wildman–Crippen MR) is 64.9 cm³/mol. The molecule has 0 N–H and O–H groups in total. The summed E-state index contributed by atoms with van der Waals surface area (Å²) in [7, 11) is 1.65. The Labute approximate surface area is 99.5 Å². The van der Waals surface area contributed by atoms with Crippen LogP contribution in [0.15, 0.2) is 0 Å². The van der Waals surface area contributed by atoms with E-state index in [4.69, 9.17) is 18.3 Å². The van der Waals surface area contributed by atoms with Crippen molar-refractivity contribution in [1.29, 1.82) is 0 Å². The number of epoxide rings is 1. The molecule has 0 saturated carbocycles. The fourth-order valence-electron chi connectivity index (χ4n) is 1.49. The van der Waals surface area contributed by atoms with Gasteiger partial charge in [-0.15, -0.1) is 0 Å². The van der Waals surface area contributed by atoms with Crippen LogP contribution in [0, 0.1) is 0 Å². The van der Waals surface area contributed by atoms with Gasteiger partial charge in [0.2, 0.25) is 0 Å². The Morgan fingerprint density at radius 3 is 2.44 bits per heavy atom. The number of unbranched alkanes of at least 4 members (excludes halogenated alkanes) is 2. The van der Waals surface area contributed by atoms with Crippen molar-refractivity contribution in [3.63, 3.8) is 0 Å². The molecule has 4 nitrogen and oxygen atoms in total. The van der Waals surface area contributed by atoms with Crippen LogP contribution in [-0.2, 0) is 18.3 Å². The van der Waals surface area contributed by atoms with Gasteiger partial charge < -0.3 is 18.3 Å². The van der Waals surface area contributed by atoms with E-state index in [1.807, 2.05) is 0 Å². The lowest BCUT2D eigenvalue weighted by atomic mass is 10.3. The van der Waals surface area contributed by atoms with Gasteiger partial charge in [0, 0.05) is 20.8 Å². The van der Waals surface area contributed by atoms with Gasteiger partial charge in [0.15, 0.2) is 0 Å². The van der Waals surface area contributed by atoms with Crippen molar-refractivity contribution in [2.45, 2.75) is 38.0 Å². The molecule has 0 bridgehead atoms. The van der Waals surface area contributed by atoms with Crippen LogP contribution in [-0.4, -0.2) is 48.7 Å². The van der Waals surface area contributed by atoms with E-state index >= 15 is 0 Å². The molecule has 0 spiro atoms. The molecular weight excluding hydrogens is 224 g/mol. The van der Waals surface area contributed by atoms with Gasteiger partial charge in [-0.2, -0.15) is 0 Å². The summed E-state index contributed by atoms with van der Waals surface area (Å²) in [5.74, 6) is 0. The van der Waals surface area contributed by atoms with E-state index in [0.717, 1.165) is 38.7 Å². The summed E-state index contributed by atoms with van der Waals surface area (Å²) in [5, 5.41) is 0. The first kappa shape index (κ1) is 14.1. The van der Waals surface area contributed by atoms with Gasteiger partial charge in [0.25, 0.3) is 0 Å². The SMILES string of the molecule is CO[Si](C)(CCCCCOCC1CO1)OC. The summed E-state index contributed by atoms with van der Waals surface area (Å²) in [6.45, 7) is 4.60. The molecular formula is C11H24O4Si. The molecule has 1 saturated heterocycles. The minimum Gasteiger partial charge on any atom is -0.398 e. The summed E-state index contributed by atoms with van der Waals surface area (Å²) in [5.41, 5.74) is 0. The maximum atomic E-state index is 5.47. The second-order valence-electron chi connectivity index (χ2n) is 4.38. The lowest BCUT2D eigenvalue weighted by Gasteiger charge is -2.22. The predicted octanol–water partition coefficient (Wildman–Crippen LogP) is 1.94. The van der Waals surface area contributed by atoms with E-state index in [0.29, 0.717) is 6.10 Å². The second kappa shape index (κ2) is 7.40. The first-order valence-electron chi connectivity index (χ1n) is 6.00. The van der Waals surface area contributed by atoms with Gasteiger partial charge in [-0.05, 0) is 19.0 Å². The third-order valence-electron chi connectivity index (χ3n) is 2.99. The van der Waals surface area contributed by atoms with Crippen molar-refractivity contribution in [3.05, 3.63) is 0 Å². The topological polar surface area (TPSA) is 40.2 Å². The van der Waals surface area contributed by atoms with Crippen molar-refractivity contribution >= 4 is 8.56 Å². The van der Waals surface area contributed by atoms with E-state index in [2.05, 4.69) is 6.55 Å². The highest BCUT2D eigenvalue weighted by atomic mass is 28.4. The van der Waals surface area contributed by atoms with Gasteiger partial charge in [-0.1, -0.05) is 12.8 Å². The first-order valence-corrected chi connectivity index (χ1v) is 8.52. The number of hydrogen-bond donors (Lipinski definition) is 0. The second-order valence-corrected chi connectivity index (χ2v) is 7.97. The van der Waals surface area contributed by atoms with Crippen LogP contribution in [0.5, 0.6) is 0 Å². The van der Waals surface area contributed by atoms with E-state index in [1.54, 1.807) is 14.2 Å². The molecule has 96 valence electrons. The maximum Gasteiger partial charge on any atom is 0.334 e. The molecule has 1 rings (SSSR count). The summed E-state index contributed by atoms with van der Waals surface area (Å²) >= 11 is 0. The summed E-state index contributed by atoms with van der Waals surface area (Å²) in [6.07, 6.45) is 3.84. The Balaban J connectivity index is 1.86. The van der Waals surface area contributed by atoms with Crippen molar-refractivity contribution in [3.8, 4) is 0 Å². The Morgan fingerprint density at radius 1 is 1.19 bits per heavy atom. The van der Waals surface area contributed by atoms with Crippen LogP contribution in [0.4, 0.5) is 0 Å². The highest BCUT2D eigenvalue weighted by Gasteiger charge is 2.27. The molecule has 1 aliphatic rings.